The highest BCUT2D eigenvalue weighted by Crippen LogP contribution is 2.20. The summed E-state index contributed by atoms with van der Waals surface area (Å²) < 4.78 is 20.4. The SMILES string of the molecule is Cn1c(C(=O)NCC2CCCO2)cc2ccc(F)cc21. The lowest BCUT2D eigenvalue weighted by atomic mass is 10.2. The zero-order chi connectivity index (χ0) is 14.1. The highest BCUT2D eigenvalue weighted by Gasteiger charge is 2.18. The molecule has 1 N–H and O–H groups in total. The van der Waals surface area contributed by atoms with Gasteiger partial charge in [0.1, 0.15) is 11.5 Å². The van der Waals surface area contributed by atoms with Crippen molar-refractivity contribution in [1.82, 2.24) is 9.88 Å². The van der Waals surface area contributed by atoms with Crippen molar-refractivity contribution in [2.45, 2.75) is 18.9 Å². The maximum absolute atomic E-state index is 13.2. The highest BCUT2D eigenvalue weighted by molar-refractivity contribution is 5.98. The highest BCUT2D eigenvalue weighted by atomic mass is 19.1. The molecule has 2 aromatic rings. The number of carbonyl (C=O) groups is 1. The van der Waals surface area contributed by atoms with E-state index in [0.29, 0.717) is 17.8 Å². The molecular weight excluding hydrogens is 259 g/mol. The molecular formula is C15H17FN2O2. The zero-order valence-corrected chi connectivity index (χ0v) is 11.4. The standard InChI is InChI=1S/C15H17FN2O2/c1-18-13-8-11(16)5-4-10(13)7-14(18)15(19)17-9-12-3-2-6-20-12/h4-5,7-8,12H,2-3,6,9H2,1H3,(H,17,19). The molecule has 1 aliphatic heterocycles. The summed E-state index contributed by atoms with van der Waals surface area (Å²) in [5.41, 5.74) is 1.25. The van der Waals surface area contributed by atoms with E-state index in [-0.39, 0.29) is 17.8 Å². The molecule has 4 nitrogen and oxygen atoms in total. The van der Waals surface area contributed by atoms with Gasteiger partial charge in [-0.1, -0.05) is 0 Å². The Morgan fingerprint density at radius 2 is 2.35 bits per heavy atom. The van der Waals surface area contributed by atoms with Crippen LogP contribution in [0.1, 0.15) is 23.3 Å². The van der Waals surface area contributed by atoms with Gasteiger partial charge in [0.25, 0.3) is 5.91 Å². The van der Waals surface area contributed by atoms with Gasteiger partial charge in [-0.05, 0) is 37.1 Å². The summed E-state index contributed by atoms with van der Waals surface area (Å²) in [6.07, 6.45) is 2.15. The fourth-order valence-electron chi connectivity index (χ4n) is 2.62. The number of hydrogen-bond donors (Lipinski definition) is 1. The molecule has 1 atom stereocenters. The van der Waals surface area contributed by atoms with Crippen molar-refractivity contribution < 1.29 is 13.9 Å². The van der Waals surface area contributed by atoms with E-state index >= 15 is 0 Å². The first-order valence-corrected chi connectivity index (χ1v) is 6.80. The molecule has 1 aliphatic rings. The van der Waals surface area contributed by atoms with E-state index in [0.717, 1.165) is 24.8 Å². The predicted octanol–water partition coefficient (Wildman–Crippen LogP) is 2.23. The third kappa shape index (κ3) is 2.41. The molecule has 1 fully saturated rings. The molecule has 0 radical (unpaired) electrons. The van der Waals surface area contributed by atoms with Crippen LogP contribution in [0, 0.1) is 5.82 Å². The average Bonchev–Trinajstić information content (AvgIpc) is 3.05. The summed E-state index contributed by atoms with van der Waals surface area (Å²) >= 11 is 0. The van der Waals surface area contributed by atoms with E-state index in [1.807, 2.05) is 0 Å². The molecule has 1 aromatic heterocycles. The van der Waals surface area contributed by atoms with Gasteiger partial charge in [-0.25, -0.2) is 4.39 Å². The average molecular weight is 276 g/mol. The van der Waals surface area contributed by atoms with Crippen molar-refractivity contribution >= 4 is 16.8 Å². The van der Waals surface area contributed by atoms with Crippen LogP contribution in [-0.4, -0.2) is 29.7 Å². The smallest absolute Gasteiger partial charge is 0.268 e. The number of hydrogen-bond acceptors (Lipinski definition) is 2. The van der Waals surface area contributed by atoms with Crippen molar-refractivity contribution in [3.63, 3.8) is 0 Å². The van der Waals surface area contributed by atoms with Crippen LogP contribution in [0.15, 0.2) is 24.3 Å². The molecule has 3 rings (SSSR count). The Balaban J connectivity index is 1.78. The number of halogens is 1. The summed E-state index contributed by atoms with van der Waals surface area (Å²) in [6.45, 7) is 1.29. The van der Waals surface area contributed by atoms with E-state index in [1.165, 1.54) is 12.1 Å². The van der Waals surface area contributed by atoms with E-state index < -0.39 is 0 Å². The molecule has 1 amide bonds. The Bertz CT molecular complexity index is 645. The Labute approximate surface area is 116 Å². The fraction of sp³-hybridized carbons (Fsp3) is 0.400. The second-order valence-corrected chi connectivity index (χ2v) is 5.14. The maximum atomic E-state index is 13.2. The van der Waals surface area contributed by atoms with Gasteiger partial charge < -0.3 is 14.6 Å². The third-order valence-corrected chi connectivity index (χ3v) is 3.75. The van der Waals surface area contributed by atoms with Crippen molar-refractivity contribution in [3.05, 3.63) is 35.8 Å². The van der Waals surface area contributed by atoms with Gasteiger partial charge in [-0.3, -0.25) is 4.79 Å². The summed E-state index contributed by atoms with van der Waals surface area (Å²) in [6, 6.07) is 6.30. The van der Waals surface area contributed by atoms with Gasteiger partial charge in [0.05, 0.1) is 11.6 Å². The van der Waals surface area contributed by atoms with Crippen molar-refractivity contribution in [2.75, 3.05) is 13.2 Å². The number of aromatic nitrogens is 1. The molecule has 1 unspecified atom stereocenters. The zero-order valence-electron chi connectivity index (χ0n) is 11.4. The topological polar surface area (TPSA) is 43.3 Å². The minimum Gasteiger partial charge on any atom is -0.376 e. The van der Waals surface area contributed by atoms with Crippen molar-refractivity contribution in [1.29, 1.82) is 0 Å². The molecule has 0 saturated carbocycles. The summed E-state index contributed by atoms with van der Waals surface area (Å²) in [5.74, 6) is -0.454. The number of amides is 1. The van der Waals surface area contributed by atoms with Crippen LogP contribution in [0.5, 0.6) is 0 Å². The Hall–Kier alpha value is -1.88. The predicted molar refractivity (Wildman–Crippen MR) is 74.2 cm³/mol. The molecule has 0 spiro atoms. The number of nitrogens with one attached hydrogen (secondary N) is 1. The normalized spacial score (nSPS) is 18.6. The number of fused-ring (bicyclic) bond motifs is 1. The molecule has 1 saturated heterocycles. The Kier molecular flexibility index (Phi) is 3.44. The Morgan fingerprint density at radius 3 is 3.10 bits per heavy atom. The van der Waals surface area contributed by atoms with Crippen LogP contribution in [0.25, 0.3) is 10.9 Å². The number of nitrogens with zero attached hydrogens (tertiary/aromatic N) is 1. The first kappa shape index (κ1) is 13.1. The fourth-order valence-corrected chi connectivity index (χ4v) is 2.62. The van der Waals surface area contributed by atoms with Crippen LogP contribution in [0.3, 0.4) is 0 Å². The van der Waals surface area contributed by atoms with Gasteiger partial charge in [0.2, 0.25) is 0 Å². The second kappa shape index (κ2) is 5.25. The Morgan fingerprint density at radius 1 is 1.50 bits per heavy atom. The van der Waals surface area contributed by atoms with Crippen LogP contribution in [-0.2, 0) is 11.8 Å². The van der Waals surface area contributed by atoms with E-state index in [1.54, 1.807) is 23.7 Å². The van der Waals surface area contributed by atoms with Crippen LogP contribution < -0.4 is 5.32 Å². The van der Waals surface area contributed by atoms with Crippen molar-refractivity contribution in [2.24, 2.45) is 7.05 Å². The van der Waals surface area contributed by atoms with E-state index in [9.17, 15) is 9.18 Å². The van der Waals surface area contributed by atoms with Crippen LogP contribution in [0.2, 0.25) is 0 Å². The second-order valence-electron chi connectivity index (χ2n) is 5.14. The molecule has 1 aromatic carbocycles. The summed E-state index contributed by atoms with van der Waals surface area (Å²) in [4.78, 5) is 12.2. The lowest BCUT2D eigenvalue weighted by molar-refractivity contribution is 0.0851. The van der Waals surface area contributed by atoms with Gasteiger partial charge in [0, 0.05) is 25.6 Å². The number of aryl methyl sites for hydroxylation is 1. The van der Waals surface area contributed by atoms with Crippen LogP contribution in [0.4, 0.5) is 4.39 Å². The molecule has 20 heavy (non-hydrogen) atoms. The number of ether oxygens (including phenoxy) is 1. The molecule has 2 heterocycles. The summed E-state index contributed by atoms with van der Waals surface area (Å²) in [5, 5.41) is 3.74. The number of benzene rings is 1. The third-order valence-electron chi connectivity index (χ3n) is 3.75. The lowest BCUT2D eigenvalue weighted by Gasteiger charge is -2.11. The van der Waals surface area contributed by atoms with Gasteiger partial charge in [0.15, 0.2) is 0 Å². The largest absolute Gasteiger partial charge is 0.376 e. The van der Waals surface area contributed by atoms with E-state index in [4.69, 9.17) is 4.74 Å². The molecule has 106 valence electrons. The molecule has 5 heteroatoms. The molecule has 0 bridgehead atoms. The molecule has 0 aliphatic carbocycles. The minimum atomic E-state index is -0.301. The number of carbonyl (C=O) groups excluding carboxylic acids is 1. The van der Waals surface area contributed by atoms with Crippen LogP contribution >= 0.6 is 0 Å². The summed E-state index contributed by atoms with van der Waals surface area (Å²) in [7, 11) is 1.77. The van der Waals surface area contributed by atoms with Crippen molar-refractivity contribution in [3.8, 4) is 0 Å². The monoisotopic (exact) mass is 276 g/mol. The minimum absolute atomic E-state index is 0.117. The lowest BCUT2D eigenvalue weighted by Crippen LogP contribution is -2.32. The van der Waals surface area contributed by atoms with E-state index in [2.05, 4.69) is 5.32 Å². The first-order chi connectivity index (χ1) is 9.65. The quantitative estimate of drug-likeness (QED) is 0.934. The first-order valence-electron chi connectivity index (χ1n) is 6.80. The van der Waals surface area contributed by atoms with Gasteiger partial charge >= 0.3 is 0 Å². The maximum Gasteiger partial charge on any atom is 0.268 e. The van der Waals surface area contributed by atoms with Gasteiger partial charge in [-0.15, -0.1) is 0 Å². The number of rotatable bonds is 3. The van der Waals surface area contributed by atoms with Gasteiger partial charge in [-0.2, -0.15) is 0 Å².